The van der Waals surface area contributed by atoms with E-state index < -0.39 is 5.97 Å². The maximum absolute atomic E-state index is 11.6. The Labute approximate surface area is 111 Å². The molecule has 0 heterocycles. The van der Waals surface area contributed by atoms with Crippen LogP contribution in [0.5, 0.6) is 11.5 Å². The maximum Gasteiger partial charge on any atom is 0.336 e. The van der Waals surface area contributed by atoms with Crippen LogP contribution in [-0.4, -0.2) is 11.1 Å². The van der Waals surface area contributed by atoms with Crippen LogP contribution in [0.25, 0.3) is 6.08 Å². The van der Waals surface area contributed by atoms with Crippen LogP contribution >= 0.6 is 0 Å². The molecule has 2 rings (SSSR count). The van der Waals surface area contributed by atoms with Crippen LogP contribution < -0.4 is 4.74 Å². The van der Waals surface area contributed by atoms with Crippen LogP contribution in [0.15, 0.2) is 54.6 Å². The largest absolute Gasteiger partial charge is 0.507 e. The SMILES string of the molecule is Cc1cccc(OC(=O)/C=C/c2ccccc2O)c1. The fraction of sp³-hybridized carbons (Fsp3) is 0.0625. The molecule has 96 valence electrons. The van der Waals surface area contributed by atoms with Crippen molar-refractivity contribution in [2.45, 2.75) is 6.92 Å². The van der Waals surface area contributed by atoms with Crippen LogP contribution in [0.3, 0.4) is 0 Å². The number of para-hydroxylation sites is 1. The highest BCUT2D eigenvalue weighted by molar-refractivity contribution is 5.89. The Hall–Kier alpha value is -2.55. The second kappa shape index (κ2) is 5.87. The Morgan fingerprint density at radius 3 is 2.68 bits per heavy atom. The first-order valence-corrected chi connectivity index (χ1v) is 5.90. The van der Waals surface area contributed by atoms with Crippen molar-refractivity contribution in [2.24, 2.45) is 0 Å². The van der Waals surface area contributed by atoms with Gasteiger partial charge >= 0.3 is 5.97 Å². The van der Waals surface area contributed by atoms with E-state index in [0.717, 1.165) is 5.56 Å². The molecule has 0 saturated heterocycles. The number of ether oxygens (including phenoxy) is 1. The smallest absolute Gasteiger partial charge is 0.336 e. The number of aryl methyl sites for hydroxylation is 1. The number of esters is 1. The minimum absolute atomic E-state index is 0.127. The zero-order chi connectivity index (χ0) is 13.7. The van der Waals surface area contributed by atoms with E-state index >= 15 is 0 Å². The number of rotatable bonds is 3. The number of carbonyl (C=O) groups is 1. The van der Waals surface area contributed by atoms with Gasteiger partial charge in [0.2, 0.25) is 0 Å². The van der Waals surface area contributed by atoms with Gasteiger partial charge in [-0.3, -0.25) is 0 Å². The molecule has 2 aromatic rings. The number of carbonyl (C=O) groups excluding carboxylic acids is 1. The third-order valence-electron chi connectivity index (χ3n) is 2.54. The first-order valence-electron chi connectivity index (χ1n) is 5.90. The van der Waals surface area contributed by atoms with Gasteiger partial charge in [0, 0.05) is 11.6 Å². The van der Waals surface area contributed by atoms with Crippen LogP contribution in [-0.2, 0) is 4.79 Å². The number of phenols is 1. The Balaban J connectivity index is 2.04. The molecular formula is C16H14O3. The maximum atomic E-state index is 11.6. The summed E-state index contributed by atoms with van der Waals surface area (Å²) in [5.41, 5.74) is 1.60. The molecule has 2 aromatic carbocycles. The lowest BCUT2D eigenvalue weighted by Crippen LogP contribution is -2.03. The second-order valence-electron chi connectivity index (χ2n) is 4.13. The van der Waals surface area contributed by atoms with Gasteiger partial charge in [-0.05, 0) is 36.8 Å². The first-order chi connectivity index (χ1) is 9.15. The second-order valence-corrected chi connectivity index (χ2v) is 4.13. The van der Waals surface area contributed by atoms with Crippen molar-refractivity contribution in [3.8, 4) is 11.5 Å². The van der Waals surface area contributed by atoms with E-state index in [-0.39, 0.29) is 5.75 Å². The molecule has 0 aromatic heterocycles. The summed E-state index contributed by atoms with van der Waals surface area (Å²) in [7, 11) is 0. The third kappa shape index (κ3) is 3.71. The standard InChI is InChI=1S/C16H14O3/c1-12-5-4-7-14(11-12)19-16(18)10-9-13-6-2-3-8-15(13)17/h2-11,17H,1H3/b10-9+. The molecule has 3 heteroatoms. The average Bonchev–Trinajstić information content (AvgIpc) is 2.38. The van der Waals surface area contributed by atoms with E-state index in [1.54, 1.807) is 36.4 Å². The molecule has 0 radical (unpaired) electrons. The number of aromatic hydroxyl groups is 1. The van der Waals surface area contributed by atoms with Gasteiger partial charge in [-0.1, -0.05) is 30.3 Å². The van der Waals surface area contributed by atoms with Gasteiger partial charge in [0.25, 0.3) is 0 Å². The fourth-order valence-corrected chi connectivity index (χ4v) is 1.62. The van der Waals surface area contributed by atoms with E-state index in [4.69, 9.17) is 4.74 Å². The van der Waals surface area contributed by atoms with E-state index in [2.05, 4.69) is 0 Å². The molecule has 0 aliphatic heterocycles. The van der Waals surface area contributed by atoms with Crippen molar-refractivity contribution in [3.05, 3.63) is 65.7 Å². The normalized spacial score (nSPS) is 10.6. The Bertz CT molecular complexity index is 615. The number of phenolic OH excluding ortho intramolecular Hbond substituents is 1. The van der Waals surface area contributed by atoms with Crippen LogP contribution in [0.1, 0.15) is 11.1 Å². The van der Waals surface area contributed by atoms with Crippen molar-refractivity contribution in [1.29, 1.82) is 0 Å². The molecular weight excluding hydrogens is 240 g/mol. The zero-order valence-corrected chi connectivity index (χ0v) is 10.5. The lowest BCUT2D eigenvalue weighted by molar-refractivity contribution is -0.128. The summed E-state index contributed by atoms with van der Waals surface area (Å²) in [6.45, 7) is 1.93. The van der Waals surface area contributed by atoms with Gasteiger partial charge in [0.1, 0.15) is 11.5 Å². The molecule has 0 bridgehead atoms. The van der Waals surface area contributed by atoms with Crippen molar-refractivity contribution < 1.29 is 14.6 Å². The number of hydrogen-bond acceptors (Lipinski definition) is 3. The molecule has 0 atom stereocenters. The minimum Gasteiger partial charge on any atom is -0.507 e. The molecule has 0 aliphatic carbocycles. The van der Waals surface area contributed by atoms with Gasteiger partial charge in [-0.15, -0.1) is 0 Å². The van der Waals surface area contributed by atoms with Crippen molar-refractivity contribution in [2.75, 3.05) is 0 Å². The lowest BCUT2D eigenvalue weighted by atomic mass is 10.2. The van der Waals surface area contributed by atoms with Crippen molar-refractivity contribution in [1.82, 2.24) is 0 Å². The minimum atomic E-state index is -0.478. The molecule has 0 aliphatic rings. The summed E-state index contributed by atoms with van der Waals surface area (Å²) < 4.78 is 5.15. The Morgan fingerprint density at radius 1 is 1.16 bits per heavy atom. The molecule has 0 saturated carbocycles. The quantitative estimate of drug-likeness (QED) is 0.519. The van der Waals surface area contributed by atoms with E-state index in [0.29, 0.717) is 11.3 Å². The van der Waals surface area contributed by atoms with E-state index in [1.807, 2.05) is 19.1 Å². The van der Waals surface area contributed by atoms with Gasteiger partial charge < -0.3 is 9.84 Å². The molecule has 0 amide bonds. The highest BCUT2D eigenvalue weighted by Crippen LogP contribution is 2.17. The number of hydrogen-bond donors (Lipinski definition) is 1. The topological polar surface area (TPSA) is 46.5 Å². The molecule has 1 N–H and O–H groups in total. The summed E-state index contributed by atoms with van der Waals surface area (Å²) in [5.74, 6) is 0.155. The highest BCUT2D eigenvalue weighted by Gasteiger charge is 2.01. The van der Waals surface area contributed by atoms with E-state index in [1.165, 1.54) is 12.2 Å². The monoisotopic (exact) mass is 254 g/mol. The van der Waals surface area contributed by atoms with Gasteiger partial charge in [0.15, 0.2) is 0 Å². The Morgan fingerprint density at radius 2 is 1.95 bits per heavy atom. The summed E-state index contributed by atoms with van der Waals surface area (Å²) in [6.07, 6.45) is 2.81. The number of benzene rings is 2. The highest BCUT2D eigenvalue weighted by atomic mass is 16.5. The fourth-order valence-electron chi connectivity index (χ4n) is 1.62. The third-order valence-corrected chi connectivity index (χ3v) is 2.54. The average molecular weight is 254 g/mol. The van der Waals surface area contributed by atoms with Crippen LogP contribution in [0.4, 0.5) is 0 Å². The molecule has 0 unspecified atom stereocenters. The molecule has 0 fully saturated rings. The predicted octanol–water partition coefficient (Wildman–Crippen LogP) is 3.32. The summed E-state index contributed by atoms with van der Waals surface area (Å²) in [5, 5.41) is 9.55. The summed E-state index contributed by atoms with van der Waals surface area (Å²) >= 11 is 0. The first kappa shape index (κ1) is 12.9. The van der Waals surface area contributed by atoms with Crippen molar-refractivity contribution >= 4 is 12.0 Å². The van der Waals surface area contributed by atoms with E-state index in [9.17, 15) is 9.90 Å². The lowest BCUT2D eigenvalue weighted by Gasteiger charge is -2.02. The van der Waals surface area contributed by atoms with Crippen molar-refractivity contribution in [3.63, 3.8) is 0 Å². The van der Waals surface area contributed by atoms with Gasteiger partial charge in [-0.25, -0.2) is 4.79 Å². The molecule has 0 spiro atoms. The Kier molecular flexibility index (Phi) is 3.98. The van der Waals surface area contributed by atoms with Crippen LogP contribution in [0.2, 0.25) is 0 Å². The zero-order valence-electron chi connectivity index (χ0n) is 10.5. The van der Waals surface area contributed by atoms with Crippen LogP contribution in [0, 0.1) is 6.92 Å². The van der Waals surface area contributed by atoms with Gasteiger partial charge in [-0.2, -0.15) is 0 Å². The summed E-state index contributed by atoms with van der Waals surface area (Å²) in [6, 6.07) is 14.0. The van der Waals surface area contributed by atoms with Gasteiger partial charge in [0.05, 0.1) is 0 Å². The predicted molar refractivity (Wildman–Crippen MR) is 74.0 cm³/mol. The summed E-state index contributed by atoms with van der Waals surface area (Å²) in [4.78, 5) is 11.6. The molecule has 3 nitrogen and oxygen atoms in total. The molecule has 19 heavy (non-hydrogen) atoms.